The number of benzene rings is 3. The maximum absolute atomic E-state index is 14.3. The third kappa shape index (κ3) is 6.27. The highest BCUT2D eigenvalue weighted by Crippen LogP contribution is 2.46. The van der Waals surface area contributed by atoms with Gasteiger partial charge >= 0.3 is 10.2 Å². The Kier molecular flexibility index (Phi) is 9.18. The van der Waals surface area contributed by atoms with Crippen molar-refractivity contribution in [2.45, 2.75) is 49.5 Å². The molecular formula is C37H41N5O6S2. The van der Waals surface area contributed by atoms with Crippen LogP contribution in [0.4, 0.5) is 0 Å². The van der Waals surface area contributed by atoms with Crippen molar-refractivity contribution in [2.24, 2.45) is 0 Å². The molecule has 50 heavy (non-hydrogen) atoms. The molecule has 3 aliphatic rings. The van der Waals surface area contributed by atoms with Crippen LogP contribution >= 0.6 is 0 Å². The molecule has 2 fully saturated rings. The second-order valence-electron chi connectivity index (χ2n) is 13.4. The van der Waals surface area contributed by atoms with Crippen LogP contribution in [0.3, 0.4) is 0 Å². The van der Waals surface area contributed by atoms with Crippen LogP contribution in [0.5, 0.6) is 0 Å². The molecule has 1 aliphatic carbocycles. The fourth-order valence-corrected chi connectivity index (χ4v) is 9.47. The summed E-state index contributed by atoms with van der Waals surface area (Å²) in [5.74, 6) is -0.614. The Morgan fingerprint density at radius 3 is 2.20 bits per heavy atom. The van der Waals surface area contributed by atoms with Crippen molar-refractivity contribution in [1.82, 2.24) is 22.8 Å². The van der Waals surface area contributed by atoms with E-state index in [-0.39, 0.29) is 49.1 Å². The number of fused-ring (bicyclic) bond motifs is 5. The molecule has 0 bridgehead atoms. The summed E-state index contributed by atoms with van der Waals surface area (Å²) in [5.41, 5.74) is 5.61. The predicted molar refractivity (Wildman–Crippen MR) is 193 cm³/mol. The minimum Gasteiger partial charge on any atom is -0.336 e. The van der Waals surface area contributed by atoms with Gasteiger partial charge in [0.1, 0.15) is 0 Å². The molecule has 4 aromatic rings. The van der Waals surface area contributed by atoms with Crippen molar-refractivity contribution in [3.05, 3.63) is 95.1 Å². The van der Waals surface area contributed by atoms with Crippen LogP contribution in [-0.4, -0.2) is 87.0 Å². The molecule has 3 heterocycles. The Morgan fingerprint density at radius 2 is 1.50 bits per heavy atom. The van der Waals surface area contributed by atoms with Gasteiger partial charge in [-0.15, -0.1) is 0 Å². The third-order valence-corrected chi connectivity index (χ3v) is 13.5. The van der Waals surface area contributed by atoms with E-state index in [0.29, 0.717) is 11.5 Å². The average Bonchev–Trinajstić information content (AvgIpc) is 3.34. The van der Waals surface area contributed by atoms with E-state index in [0.717, 1.165) is 57.7 Å². The summed E-state index contributed by atoms with van der Waals surface area (Å²) < 4.78 is 58.2. The Labute approximate surface area is 293 Å². The van der Waals surface area contributed by atoms with E-state index in [1.165, 1.54) is 30.4 Å². The number of carbonyl (C=O) groups excluding carboxylic acids is 2. The van der Waals surface area contributed by atoms with Crippen LogP contribution in [0.2, 0.25) is 0 Å². The third-order valence-electron chi connectivity index (χ3n) is 10.1. The van der Waals surface area contributed by atoms with Gasteiger partial charge in [0.25, 0.3) is 11.8 Å². The number of sulfonamides is 1. The summed E-state index contributed by atoms with van der Waals surface area (Å²) in [6, 6.07) is 21.7. The van der Waals surface area contributed by atoms with Crippen molar-refractivity contribution in [1.29, 1.82) is 0 Å². The standard InChI is InChI=1S/C37H41N5O6S2/c1-39(2)50(47,48)38-36(43)28-17-18-32-33(24-28)42-25-29(23-27-13-9-10-16-31(27)35(42)34(32)26-11-5-3-6-12-26)37(44)40-19-21-41(22-20-40)49(45,46)30-14-7-4-8-15-30/h4,7-10,13-18,23-24,26H,3,5-6,11-12,19-22,25H2,1-2H3,(H,38,43). The highest BCUT2D eigenvalue weighted by Gasteiger charge is 2.34. The summed E-state index contributed by atoms with van der Waals surface area (Å²) in [6.45, 7) is 1.10. The molecule has 262 valence electrons. The van der Waals surface area contributed by atoms with Crippen LogP contribution in [0.25, 0.3) is 28.2 Å². The van der Waals surface area contributed by atoms with Crippen LogP contribution in [0.15, 0.2) is 83.3 Å². The molecule has 13 heteroatoms. The summed E-state index contributed by atoms with van der Waals surface area (Å²) >= 11 is 0. The number of hydrogen-bond donors (Lipinski definition) is 1. The Bertz CT molecular complexity index is 2210. The highest BCUT2D eigenvalue weighted by atomic mass is 32.2. The van der Waals surface area contributed by atoms with Gasteiger partial charge in [-0.25, -0.2) is 13.1 Å². The van der Waals surface area contributed by atoms with E-state index >= 15 is 0 Å². The van der Waals surface area contributed by atoms with Gasteiger partial charge in [-0.2, -0.15) is 17.0 Å². The number of rotatable bonds is 7. The molecule has 1 saturated carbocycles. The summed E-state index contributed by atoms with van der Waals surface area (Å²) in [4.78, 5) is 29.6. The molecule has 1 saturated heterocycles. The lowest BCUT2D eigenvalue weighted by atomic mass is 9.81. The van der Waals surface area contributed by atoms with Gasteiger partial charge in [-0.05, 0) is 60.2 Å². The monoisotopic (exact) mass is 715 g/mol. The van der Waals surface area contributed by atoms with Gasteiger partial charge in [0.2, 0.25) is 10.0 Å². The molecule has 0 radical (unpaired) electrons. The first-order valence-corrected chi connectivity index (χ1v) is 19.9. The van der Waals surface area contributed by atoms with E-state index < -0.39 is 26.1 Å². The fourth-order valence-electron chi connectivity index (χ4n) is 7.49. The first-order chi connectivity index (χ1) is 24.0. The predicted octanol–water partition coefficient (Wildman–Crippen LogP) is 4.82. The number of nitrogens with one attached hydrogen (secondary N) is 1. The Balaban J connectivity index is 1.27. The SMILES string of the molecule is CN(C)S(=O)(=O)NC(=O)c1ccc2c(C3CCCCC3)c3n(c2c1)CC(C(=O)N1CCN(S(=O)(=O)c2ccccc2)CC1)=Cc1ccccc1-3. The van der Waals surface area contributed by atoms with Crippen molar-refractivity contribution >= 4 is 49.0 Å². The van der Waals surface area contributed by atoms with E-state index in [2.05, 4.69) is 15.4 Å². The second kappa shape index (κ2) is 13.4. The quantitative estimate of drug-likeness (QED) is 0.292. The molecule has 0 unspecified atom stereocenters. The van der Waals surface area contributed by atoms with Crippen molar-refractivity contribution < 1.29 is 26.4 Å². The number of piperazine rings is 1. The van der Waals surface area contributed by atoms with Gasteiger partial charge in [0.05, 0.1) is 17.1 Å². The van der Waals surface area contributed by atoms with Gasteiger partial charge in [0.15, 0.2) is 0 Å². The number of amides is 2. The zero-order valence-electron chi connectivity index (χ0n) is 28.2. The molecule has 1 aromatic heterocycles. The van der Waals surface area contributed by atoms with Crippen molar-refractivity contribution in [3.8, 4) is 11.3 Å². The smallest absolute Gasteiger partial charge is 0.303 e. The zero-order valence-corrected chi connectivity index (χ0v) is 29.8. The fraction of sp³-hybridized carbons (Fsp3) is 0.351. The summed E-state index contributed by atoms with van der Waals surface area (Å²) in [5, 5.41) is 0.988. The minimum absolute atomic E-state index is 0.170. The van der Waals surface area contributed by atoms with Crippen LogP contribution in [0.1, 0.15) is 59.5 Å². The number of nitrogens with zero attached hydrogens (tertiary/aromatic N) is 4. The van der Waals surface area contributed by atoms with Crippen molar-refractivity contribution in [2.75, 3.05) is 40.3 Å². The minimum atomic E-state index is -4.01. The molecule has 11 nitrogen and oxygen atoms in total. The van der Waals surface area contributed by atoms with E-state index in [1.807, 2.05) is 30.3 Å². The Morgan fingerprint density at radius 1 is 0.820 bits per heavy atom. The maximum atomic E-state index is 14.3. The Hall–Kier alpha value is -4.30. The van der Waals surface area contributed by atoms with Gasteiger partial charge < -0.3 is 9.47 Å². The van der Waals surface area contributed by atoms with Gasteiger partial charge in [0, 0.05) is 67.9 Å². The lowest BCUT2D eigenvalue weighted by molar-refractivity contribution is -0.128. The molecule has 3 aromatic carbocycles. The van der Waals surface area contributed by atoms with E-state index in [9.17, 15) is 26.4 Å². The molecule has 2 amide bonds. The maximum Gasteiger partial charge on any atom is 0.303 e. The molecule has 7 rings (SSSR count). The topological polar surface area (TPSA) is 129 Å². The normalized spacial score (nSPS) is 17.6. The first-order valence-electron chi connectivity index (χ1n) is 17.0. The van der Waals surface area contributed by atoms with Gasteiger partial charge in [-0.1, -0.05) is 67.8 Å². The van der Waals surface area contributed by atoms with Gasteiger partial charge in [-0.3, -0.25) is 9.59 Å². The zero-order chi connectivity index (χ0) is 35.2. The number of hydrogen-bond acceptors (Lipinski definition) is 6. The van der Waals surface area contributed by atoms with Crippen LogP contribution in [0, 0.1) is 0 Å². The lowest BCUT2D eigenvalue weighted by Gasteiger charge is -2.34. The van der Waals surface area contributed by atoms with E-state index in [1.54, 1.807) is 47.4 Å². The second-order valence-corrected chi connectivity index (χ2v) is 17.2. The molecule has 1 N–H and O–H groups in total. The average molecular weight is 716 g/mol. The summed E-state index contributed by atoms with van der Waals surface area (Å²) in [6.07, 6.45) is 7.44. The molecule has 0 spiro atoms. The van der Waals surface area contributed by atoms with E-state index in [4.69, 9.17) is 0 Å². The molecule has 0 atom stereocenters. The highest BCUT2D eigenvalue weighted by molar-refractivity contribution is 7.89. The van der Waals surface area contributed by atoms with Crippen LogP contribution in [-0.2, 0) is 31.6 Å². The summed E-state index contributed by atoms with van der Waals surface area (Å²) in [7, 11) is -4.98. The van der Waals surface area contributed by atoms with Crippen molar-refractivity contribution in [3.63, 3.8) is 0 Å². The van der Waals surface area contributed by atoms with Crippen LogP contribution < -0.4 is 4.72 Å². The largest absolute Gasteiger partial charge is 0.336 e. The molecule has 2 aliphatic heterocycles. The number of carbonyl (C=O) groups is 2. The first kappa shape index (κ1) is 34.2. The lowest BCUT2D eigenvalue weighted by Crippen LogP contribution is -2.51. The number of aromatic nitrogens is 1. The molecular weight excluding hydrogens is 675 g/mol.